The molecular formula is C21H43Cl3N6Ru+. The second-order valence-electron chi connectivity index (χ2n) is 8.01. The van der Waals surface area contributed by atoms with Crippen LogP contribution in [0.2, 0.25) is 0 Å². The number of halogens is 3. The second-order valence-corrected chi connectivity index (χ2v) is 17.2. The fourth-order valence-electron chi connectivity index (χ4n) is 3.15. The molecule has 6 nitrogen and oxygen atoms in total. The number of hydrogen-bond acceptors (Lipinski definition) is 4. The van der Waals surface area contributed by atoms with Gasteiger partial charge in [-0.15, -0.1) is 26.2 Å². The monoisotopic (exact) mass is 586 g/mol. The number of anilines is 1. The van der Waals surface area contributed by atoms with Crippen LogP contribution in [0.1, 0.15) is 25.7 Å². The van der Waals surface area contributed by atoms with Gasteiger partial charge in [0.15, 0.2) is 0 Å². The van der Waals surface area contributed by atoms with Crippen LogP contribution in [0.25, 0.3) is 10.6 Å². The molecule has 0 aromatic carbocycles. The molecule has 0 amide bonds. The Balaban J connectivity index is 0.000000402. The van der Waals surface area contributed by atoms with E-state index in [1.807, 2.05) is 31.1 Å². The standard InChI is InChI=1S/2C7H15N2.C7H10N2.3ClH.Ru/c3*1-9(2)7-3-5-8-6-4-7;;;;/h2*7H,3-6H2,1-2H3;3-6H,1-2H3;3*1H;/q2*-1;;;;;+3. The molecule has 3 heterocycles. The number of nitrogens with zero attached hydrogens (tertiary/aromatic N) is 6. The molecule has 31 heavy (non-hydrogen) atoms. The molecule has 0 N–H and O–H groups in total. The molecule has 10 heteroatoms. The van der Waals surface area contributed by atoms with E-state index < -0.39 is 13.0 Å². The summed E-state index contributed by atoms with van der Waals surface area (Å²) in [5.74, 6) is 0. The molecule has 0 spiro atoms. The Hall–Kier alpha value is 0.283. The molecule has 0 radical (unpaired) electrons. The summed E-state index contributed by atoms with van der Waals surface area (Å²) in [5, 5.41) is 8.57. The van der Waals surface area contributed by atoms with Crippen molar-refractivity contribution in [3.63, 3.8) is 0 Å². The molecule has 2 aliphatic heterocycles. The first-order valence-corrected chi connectivity index (χ1v) is 17.8. The van der Waals surface area contributed by atoms with E-state index in [4.69, 9.17) is 0 Å². The Bertz CT molecular complexity index is 486. The number of aromatic nitrogens is 1. The van der Waals surface area contributed by atoms with Gasteiger partial charge in [0.05, 0.1) is 0 Å². The van der Waals surface area contributed by atoms with Gasteiger partial charge in [-0.3, -0.25) is 4.98 Å². The zero-order chi connectivity index (χ0) is 23.6. The molecule has 0 unspecified atom stereocenters. The van der Waals surface area contributed by atoms with Crippen molar-refractivity contribution >= 4 is 5.69 Å². The van der Waals surface area contributed by atoms with E-state index in [1.165, 1.54) is 31.4 Å². The summed E-state index contributed by atoms with van der Waals surface area (Å²) < 4.78 is 0. The summed E-state index contributed by atoms with van der Waals surface area (Å²) in [6, 6.07) is 5.53. The molecule has 1 aromatic rings. The van der Waals surface area contributed by atoms with E-state index in [0.29, 0.717) is 0 Å². The van der Waals surface area contributed by atoms with E-state index in [1.54, 1.807) is 12.4 Å². The van der Waals surface area contributed by atoms with Gasteiger partial charge in [0.2, 0.25) is 0 Å². The van der Waals surface area contributed by atoms with Crippen molar-refractivity contribution in [1.29, 1.82) is 0 Å². The first kappa shape index (κ1) is 31.3. The first-order valence-electron chi connectivity index (χ1n) is 10.5. The van der Waals surface area contributed by atoms with Crippen molar-refractivity contribution < 1.29 is 42.1 Å². The topological polar surface area (TPSA) is 50.8 Å². The van der Waals surface area contributed by atoms with Crippen LogP contribution in [-0.4, -0.2) is 95.3 Å². The molecule has 0 aliphatic carbocycles. The van der Waals surface area contributed by atoms with Crippen LogP contribution in [0.15, 0.2) is 24.5 Å². The average molecular weight is 587 g/mol. The van der Waals surface area contributed by atoms with E-state index in [-0.39, 0.29) is 0 Å². The van der Waals surface area contributed by atoms with Gasteiger partial charge in [-0.05, 0) is 40.3 Å². The van der Waals surface area contributed by atoms with Crippen LogP contribution in [0.4, 0.5) is 5.69 Å². The van der Waals surface area contributed by atoms with Crippen molar-refractivity contribution in [3.05, 3.63) is 35.2 Å². The van der Waals surface area contributed by atoms with Gasteiger partial charge in [0, 0.05) is 44.3 Å². The Labute approximate surface area is 208 Å². The first-order chi connectivity index (χ1) is 14.6. The van der Waals surface area contributed by atoms with Crippen molar-refractivity contribution in [2.45, 2.75) is 37.8 Å². The Morgan fingerprint density at radius 2 is 1.06 bits per heavy atom. The predicted octanol–water partition coefficient (Wildman–Crippen LogP) is 2.51. The molecule has 2 saturated heterocycles. The normalized spacial score (nSPS) is 17.5. The van der Waals surface area contributed by atoms with Crippen molar-refractivity contribution in [2.24, 2.45) is 0 Å². The van der Waals surface area contributed by atoms with E-state index in [0.717, 1.165) is 38.3 Å². The van der Waals surface area contributed by atoms with Gasteiger partial charge in [-0.1, -0.05) is 25.7 Å². The van der Waals surface area contributed by atoms with E-state index in [9.17, 15) is 0 Å². The number of piperidine rings is 2. The quantitative estimate of drug-likeness (QED) is 0.511. The molecule has 0 bridgehead atoms. The number of pyridine rings is 1. The SMILES string of the molecule is CN(C)C1CC[N-]CC1.CN(C)C1CC[N-]CC1.CN(C)c1ccncc1.[ClH+][Ru]([ClH+])[ClH+]. The summed E-state index contributed by atoms with van der Waals surface area (Å²) in [6.07, 6.45) is 8.60. The van der Waals surface area contributed by atoms with Crippen LogP contribution in [0.5, 0.6) is 0 Å². The third-order valence-electron chi connectivity index (χ3n) is 5.12. The number of rotatable bonds is 3. The van der Waals surface area contributed by atoms with Crippen LogP contribution in [-0.2, 0) is 13.0 Å². The van der Waals surface area contributed by atoms with Gasteiger partial charge < -0.3 is 25.3 Å². The van der Waals surface area contributed by atoms with Gasteiger partial charge in [-0.25, -0.2) is 0 Å². The minimum absolute atomic E-state index is 0.794. The molecular weight excluding hydrogens is 544 g/mol. The Kier molecular flexibility index (Phi) is 19.9. The molecule has 185 valence electrons. The van der Waals surface area contributed by atoms with Crippen LogP contribution in [0.3, 0.4) is 0 Å². The van der Waals surface area contributed by atoms with Gasteiger partial charge >= 0.3 is 42.1 Å². The molecule has 0 atom stereocenters. The molecule has 3 rings (SSSR count). The minimum atomic E-state index is -1.42. The van der Waals surface area contributed by atoms with Gasteiger partial charge in [0.1, 0.15) is 0 Å². The molecule has 2 fully saturated rings. The molecule has 1 aromatic heterocycles. The van der Waals surface area contributed by atoms with Gasteiger partial charge in [0.25, 0.3) is 0 Å². The third-order valence-corrected chi connectivity index (χ3v) is 5.12. The second kappa shape index (κ2) is 19.7. The fourth-order valence-corrected chi connectivity index (χ4v) is 3.15. The molecule has 0 saturated carbocycles. The van der Waals surface area contributed by atoms with Crippen LogP contribution in [0, 0.1) is 29.1 Å². The summed E-state index contributed by atoms with van der Waals surface area (Å²) in [5.41, 5.74) is 1.19. The zero-order valence-electron chi connectivity index (χ0n) is 19.9. The Morgan fingerprint density at radius 1 is 0.742 bits per heavy atom. The summed E-state index contributed by atoms with van der Waals surface area (Å²) in [7, 11) is 25.8. The average Bonchev–Trinajstić information content (AvgIpc) is 2.76. The molecule has 2 aliphatic rings. The summed E-state index contributed by atoms with van der Waals surface area (Å²) >= 11 is -1.42. The van der Waals surface area contributed by atoms with E-state index >= 15 is 0 Å². The van der Waals surface area contributed by atoms with Crippen molar-refractivity contribution in [3.8, 4) is 0 Å². The van der Waals surface area contributed by atoms with Crippen molar-refractivity contribution in [2.75, 3.05) is 73.4 Å². The third kappa shape index (κ3) is 18.4. The van der Waals surface area contributed by atoms with Crippen molar-refractivity contribution in [1.82, 2.24) is 14.8 Å². The predicted molar refractivity (Wildman–Crippen MR) is 122 cm³/mol. The van der Waals surface area contributed by atoms with Gasteiger partial charge in [-0.2, -0.15) is 0 Å². The maximum absolute atomic E-state index is 4.39. The fraction of sp³-hybridized carbons (Fsp3) is 0.762. The maximum atomic E-state index is 4.39. The summed E-state index contributed by atoms with van der Waals surface area (Å²) in [4.78, 5) is 10.5. The van der Waals surface area contributed by atoms with Crippen LogP contribution >= 0.6 is 0 Å². The Morgan fingerprint density at radius 3 is 1.26 bits per heavy atom. The summed E-state index contributed by atoms with van der Waals surface area (Å²) in [6.45, 7) is 4.29. The number of hydrogen-bond donors (Lipinski definition) is 0. The van der Waals surface area contributed by atoms with E-state index in [2.05, 4.69) is 82.7 Å². The zero-order valence-corrected chi connectivity index (χ0v) is 24.1. The van der Waals surface area contributed by atoms with Crippen LogP contribution < -0.4 is 4.90 Å².